The molecule has 0 aromatic heterocycles. The standard InChI is InChI=1S/C20H28O2Si/c1-19(2)21-18-15-12-8-6-9-13(12)17(23(3,4)5)14-10-7-11-20(18,22-19)16(14)15/h18H,6-11H2,1-5H3/t18-,20+/m0/s1. The van der Waals surface area contributed by atoms with E-state index in [1.54, 1.807) is 33.0 Å². The van der Waals surface area contributed by atoms with Crippen molar-refractivity contribution in [1.29, 1.82) is 0 Å². The molecule has 5 rings (SSSR count). The van der Waals surface area contributed by atoms with Gasteiger partial charge in [0.1, 0.15) is 11.7 Å². The lowest BCUT2D eigenvalue weighted by Crippen LogP contribution is -2.52. The largest absolute Gasteiger partial charge is 0.339 e. The van der Waals surface area contributed by atoms with Crippen LogP contribution < -0.4 is 5.19 Å². The van der Waals surface area contributed by atoms with Gasteiger partial charge in [0.05, 0.1) is 8.07 Å². The van der Waals surface area contributed by atoms with Gasteiger partial charge >= 0.3 is 0 Å². The van der Waals surface area contributed by atoms with Crippen LogP contribution in [0.3, 0.4) is 0 Å². The van der Waals surface area contributed by atoms with E-state index >= 15 is 0 Å². The van der Waals surface area contributed by atoms with Gasteiger partial charge in [0, 0.05) is 0 Å². The molecule has 0 bridgehead atoms. The third-order valence-corrected chi connectivity index (χ3v) is 8.48. The Morgan fingerprint density at radius 2 is 1.65 bits per heavy atom. The second kappa shape index (κ2) is 4.12. The normalized spacial score (nSPS) is 33.0. The average Bonchev–Trinajstić information content (AvgIpc) is 2.95. The number of benzene rings is 1. The van der Waals surface area contributed by atoms with Gasteiger partial charge in [-0.1, -0.05) is 24.8 Å². The van der Waals surface area contributed by atoms with Crippen molar-refractivity contribution in [2.45, 2.75) is 89.5 Å². The first-order valence-corrected chi connectivity index (χ1v) is 12.8. The third kappa shape index (κ3) is 1.66. The molecule has 1 aromatic carbocycles. The molecule has 0 saturated carbocycles. The molecule has 0 N–H and O–H groups in total. The summed E-state index contributed by atoms with van der Waals surface area (Å²) in [4.78, 5) is 0. The van der Waals surface area contributed by atoms with E-state index in [-0.39, 0.29) is 11.7 Å². The predicted octanol–water partition coefficient (Wildman–Crippen LogP) is 4.09. The van der Waals surface area contributed by atoms with Crippen molar-refractivity contribution in [2.75, 3.05) is 0 Å². The maximum atomic E-state index is 6.56. The van der Waals surface area contributed by atoms with Gasteiger partial charge in [-0.25, -0.2) is 0 Å². The molecule has 1 fully saturated rings. The van der Waals surface area contributed by atoms with E-state index in [1.165, 1.54) is 32.1 Å². The Hall–Kier alpha value is -0.643. The maximum Gasteiger partial charge on any atom is 0.165 e. The number of fused-ring (bicyclic) bond motifs is 3. The van der Waals surface area contributed by atoms with Crippen LogP contribution in [0.5, 0.6) is 0 Å². The van der Waals surface area contributed by atoms with E-state index in [0.29, 0.717) is 0 Å². The molecule has 0 amide bonds. The Bertz CT molecular complexity index is 728. The summed E-state index contributed by atoms with van der Waals surface area (Å²) in [5.41, 5.74) is 8.09. The number of ether oxygens (including phenoxy) is 2. The highest BCUT2D eigenvalue weighted by molar-refractivity contribution is 6.89. The van der Waals surface area contributed by atoms with E-state index in [4.69, 9.17) is 9.47 Å². The van der Waals surface area contributed by atoms with Crippen molar-refractivity contribution < 1.29 is 9.47 Å². The number of hydrogen-bond acceptors (Lipinski definition) is 2. The summed E-state index contributed by atoms with van der Waals surface area (Å²) < 4.78 is 13.0. The highest BCUT2D eigenvalue weighted by Crippen LogP contribution is 2.66. The van der Waals surface area contributed by atoms with Crippen LogP contribution in [0.4, 0.5) is 0 Å². The monoisotopic (exact) mass is 328 g/mol. The SMILES string of the molecule is CC1(C)O[C@H]2c3c4c(c([Si](C)(C)C)c5c3[C@@]2(CCC5)O1)CCC4. The quantitative estimate of drug-likeness (QED) is 0.723. The maximum absolute atomic E-state index is 6.56. The Labute approximate surface area is 140 Å². The molecule has 3 heteroatoms. The smallest absolute Gasteiger partial charge is 0.165 e. The molecular formula is C20H28O2Si. The van der Waals surface area contributed by atoms with Crippen molar-refractivity contribution in [3.05, 3.63) is 27.8 Å². The molecule has 1 spiro atoms. The van der Waals surface area contributed by atoms with Crippen molar-refractivity contribution >= 4 is 13.3 Å². The molecule has 1 saturated heterocycles. The van der Waals surface area contributed by atoms with Crippen LogP contribution in [0.25, 0.3) is 0 Å². The zero-order valence-electron chi connectivity index (χ0n) is 15.1. The molecule has 1 aliphatic heterocycles. The average molecular weight is 329 g/mol. The number of hydrogen-bond donors (Lipinski definition) is 0. The molecule has 0 unspecified atom stereocenters. The fourth-order valence-corrected chi connectivity index (χ4v) is 8.33. The first-order valence-electron chi connectivity index (χ1n) is 9.34. The molecule has 1 aromatic rings. The summed E-state index contributed by atoms with van der Waals surface area (Å²) in [6.07, 6.45) is 7.73. The lowest BCUT2D eigenvalue weighted by molar-refractivity contribution is -0.165. The van der Waals surface area contributed by atoms with Gasteiger partial charge in [0.2, 0.25) is 0 Å². The molecule has 3 aliphatic carbocycles. The fourth-order valence-electron chi connectivity index (χ4n) is 5.99. The highest BCUT2D eigenvalue weighted by atomic mass is 28.3. The molecule has 124 valence electrons. The van der Waals surface area contributed by atoms with Crippen LogP contribution in [0.1, 0.15) is 67.0 Å². The molecule has 4 aliphatic rings. The van der Waals surface area contributed by atoms with E-state index in [9.17, 15) is 0 Å². The fraction of sp³-hybridized carbons (Fsp3) is 0.700. The second-order valence-corrected chi connectivity index (χ2v) is 14.4. The van der Waals surface area contributed by atoms with Crippen molar-refractivity contribution in [2.24, 2.45) is 0 Å². The molecule has 23 heavy (non-hydrogen) atoms. The van der Waals surface area contributed by atoms with Crippen LogP contribution in [0.2, 0.25) is 19.6 Å². The van der Waals surface area contributed by atoms with Crippen molar-refractivity contribution in [3.63, 3.8) is 0 Å². The Kier molecular flexibility index (Phi) is 2.63. The Balaban J connectivity index is 1.83. The molecule has 0 radical (unpaired) electrons. The summed E-state index contributed by atoms with van der Waals surface area (Å²) in [6.45, 7) is 11.8. The van der Waals surface area contributed by atoms with Crippen molar-refractivity contribution in [3.8, 4) is 0 Å². The predicted molar refractivity (Wildman–Crippen MR) is 95.1 cm³/mol. The van der Waals surface area contributed by atoms with Gasteiger partial charge in [-0.15, -0.1) is 0 Å². The molecular weight excluding hydrogens is 300 g/mol. The Morgan fingerprint density at radius 1 is 0.957 bits per heavy atom. The van der Waals surface area contributed by atoms with E-state index in [0.717, 1.165) is 6.42 Å². The third-order valence-electron chi connectivity index (χ3n) is 6.38. The molecule has 2 atom stereocenters. The van der Waals surface area contributed by atoms with Crippen LogP contribution in [0, 0.1) is 0 Å². The highest BCUT2D eigenvalue weighted by Gasteiger charge is 2.65. The second-order valence-electron chi connectivity index (χ2n) is 9.45. The summed E-state index contributed by atoms with van der Waals surface area (Å²) in [5.74, 6) is -0.441. The summed E-state index contributed by atoms with van der Waals surface area (Å²) >= 11 is 0. The summed E-state index contributed by atoms with van der Waals surface area (Å²) in [7, 11) is -1.35. The van der Waals surface area contributed by atoms with Crippen molar-refractivity contribution in [1.82, 2.24) is 0 Å². The van der Waals surface area contributed by atoms with Crippen LogP contribution in [-0.4, -0.2) is 13.9 Å². The van der Waals surface area contributed by atoms with E-state index in [2.05, 4.69) is 33.5 Å². The topological polar surface area (TPSA) is 18.5 Å². The van der Waals surface area contributed by atoms with Crippen LogP contribution in [-0.2, 0) is 34.3 Å². The van der Waals surface area contributed by atoms with Gasteiger partial charge in [-0.2, -0.15) is 0 Å². The van der Waals surface area contributed by atoms with Crippen LogP contribution in [0.15, 0.2) is 0 Å². The minimum atomic E-state index is -1.35. The number of rotatable bonds is 1. The van der Waals surface area contributed by atoms with Crippen LogP contribution >= 0.6 is 0 Å². The van der Waals surface area contributed by atoms with E-state index < -0.39 is 13.9 Å². The van der Waals surface area contributed by atoms with E-state index in [1.807, 2.05) is 0 Å². The lowest BCUT2D eigenvalue weighted by Gasteiger charge is -2.51. The summed E-state index contributed by atoms with van der Waals surface area (Å²) in [6, 6.07) is 0. The lowest BCUT2D eigenvalue weighted by atomic mass is 9.61. The first-order chi connectivity index (χ1) is 10.7. The van der Waals surface area contributed by atoms with Gasteiger partial charge in [0.15, 0.2) is 5.79 Å². The van der Waals surface area contributed by atoms with Gasteiger partial charge < -0.3 is 9.47 Å². The van der Waals surface area contributed by atoms with Gasteiger partial charge in [-0.3, -0.25) is 0 Å². The minimum Gasteiger partial charge on any atom is -0.339 e. The van der Waals surface area contributed by atoms with Gasteiger partial charge in [-0.05, 0) is 80.2 Å². The molecule has 1 heterocycles. The Morgan fingerprint density at radius 3 is 2.39 bits per heavy atom. The summed E-state index contributed by atoms with van der Waals surface area (Å²) in [5, 5.41) is 1.79. The minimum absolute atomic E-state index is 0.113. The zero-order valence-corrected chi connectivity index (χ0v) is 16.1. The first kappa shape index (κ1) is 14.7. The molecule has 2 nitrogen and oxygen atoms in total. The van der Waals surface area contributed by atoms with Gasteiger partial charge in [0.25, 0.3) is 0 Å². The zero-order chi connectivity index (χ0) is 16.2.